The zero-order chi connectivity index (χ0) is 24.2. The first-order chi connectivity index (χ1) is 16.4. The van der Waals surface area contributed by atoms with Gasteiger partial charge in [0.15, 0.2) is 11.3 Å². The van der Waals surface area contributed by atoms with Crippen LogP contribution in [0.5, 0.6) is 0 Å². The topological polar surface area (TPSA) is 133 Å². The van der Waals surface area contributed by atoms with Crippen LogP contribution in [0.15, 0.2) is 37.3 Å². The summed E-state index contributed by atoms with van der Waals surface area (Å²) in [5.74, 6) is 5.77. The van der Waals surface area contributed by atoms with Crippen LogP contribution < -0.4 is 11.1 Å². The van der Waals surface area contributed by atoms with Crippen molar-refractivity contribution < 1.29 is 14.3 Å². The van der Waals surface area contributed by atoms with Gasteiger partial charge in [-0.3, -0.25) is 9.59 Å². The molecule has 1 aliphatic heterocycles. The molecule has 4 heterocycles. The van der Waals surface area contributed by atoms with Gasteiger partial charge in [-0.2, -0.15) is 10.2 Å². The summed E-state index contributed by atoms with van der Waals surface area (Å²) in [6.45, 7) is 5.04. The Morgan fingerprint density at radius 2 is 2.24 bits per heavy atom. The average molecular weight is 463 g/mol. The number of aromatic nitrogens is 5. The smallest absolute Gasteiger partial charge is 0.255 e. The summed E-state index contributed by atoms with van der Waals surface area (Å²) in [7, 11) is 3.31. The van der Waals surface area contributed by atoms with Gasteiger partial charge in [0.05, 0.1) is 18.8 Å². The molecule has 11 heteroatoms. The van der Waals surface area contributed by atoms with Crippen LogP contribution in [0.25, 0.3) is 5.65 Å². The minimum absolute atomic E-state index is 0.0472. The first kappa shape index (κ1) is 23.0. The minimum atomic E-state index is -0.631. The molecule has 3 aromatic rings. The Bertz CT molecular complexity index is 1300. The number of methoxy groups -OCH3 is 1. The predicted molar refractivity (Wildman–Crippen MR) is 125 cm³/mol. The third-order valence-corrected chi connectivity index (χ3v) is 5.77. The van der Waals surface area contributed by atoms with Gasteiger partial charge in [0, 0.05) is 51.3 Å². The SMILES string of the molecule is C=CC(=O)N1C[C@@H](Cn2nc(C#Cc3cnn4ccnc4c3)c(C(N)=O)c2NC)C[C@@H]1COC. The number of likely N-dealkylation sites (tertiary alicyclic amines) is 1. The average Bonchev–Trinajstić information content (AvgIpc) is 3.54. The van der Waals surface area contributed by atoms with Gasteiger partial charge >= 0.3 is 0 Å². The number of carbonyl (C=O) groups excluding carboxylic acids is 2. The number of hydrogen-bond donors (Lipinski definition) is 2. The van der Waals surface area contributed by atoms with Gasteiger partial charge in [0.25, 0.3) is 5.91 Å². The third-order valence-electron chi connectivity index (χ3n) is 5.77. The van der Waals surface area contributed by atoms with Crippen molar-refractivity contribution in [2.45, 2.75) is 19.0 Å². The molecular formula is C23H26N8O3. The lowest BCUT2D eigenvalue weighted by Crippen LogP contribution is -2.37. The molecule has 1 fully saturated rings. The van der Waals surface area contributed by atoms with Crippen molar-refractivity contribution in [2.24, 2.45) is 11.7 Å². The summed E-state index contributed by atoms with van der Waals surface area (Å²) in [5, 5.41) is 11.8. The van der Waals surface area contributed by atoms with E-state index in [0.717, 1.165) is 6.42 Å². The van der Waals surface area contributed by atoms with Gasteiger partial charge < -0.3 is 20.7 Å². The van der Waals surface area contributed by atoms with E-state index in [1.807, 2.05) is 0 Å². The Balaban J connectivity index is 1.63. The number of anilines is 1. The Morgan fingerprint density at radius 1 is 1.41 bits per heavy atom. The van der Waals surface area contributed by atoms with Crippen LogP contribution in [0.3, 0.4) is 0 Å². The van der Waals surface area contributed by atoms with Crippen molar-refractivity contribution >= 4 is 23.3 Å². The molecule has 2 atom stereocenters. The highest BCUT2D eigenvalue weighted by atomic mass is 16.5. The van der Waals surface area contributed by atoms with E-state index in [1.54, 1.807) is 52.9 Å². The molecule has 34 heavy (non-hydrogen) atoms. The number of hydrogen-bond acceptors (Lipinski definition) is 7. The molecule has 3 aromatic heterocycles. The van der Waals surface area contributed by atoms with E-state index in [4.69, 9.17) is 10.5 Å². The second kappa shape index (κ2) is 9.76. The summed E-state index contributed by atoms with van der Waals surface area (Å²) < 4.78 is 8.61. The molecule has 3 N–H and O–H groups in total. The van der Waals surface area contributed by atoms with E-state index in [1.165, 1.54) is 6.08 Å². The van der Waals surface area contributed by atoms with Crippen LogP contribution in [0, 0.1) is 17.8 Å². The van der Waals surface area contributed by atoms with Crippen LogP contribution in [-0.4, -0.2) is 74.4 Å². The number of nitrogens with zero attached hydrogens (tertiary/aromatic N) is 6. The number of fused-ring (bicyclic) bond motifs is 1. The largest absolute Gasteiger partial charge is 0.383 e. The maximum Gasteiger partial charge on any atom is 0.255 e. The van der Waals surface area contributed by atoms with E-state index >= 15 is 0 Å². The quantitative estimate of drug-likeness (QED) is 0.386. The highest BCUT2D eigenvalue weighted by Crippen LogP contribution is 2.28. The summed E-state index contributed by atoms with van der Waals surface area (Å²) in [4.78, 5) is 30.5. The number of imidazole rings is 1. The maximum absolute atomic E-state index is 12.3. The van der Waals surface area contributed by atoms with E-state index in [9.17, 15) is 9.59 Å². The fraction of sp³-hybridized carbons (Fsp3) is 0.348. The van der Waals surface area contributed by atoms with Crippen molar-refractivity contribution in [1.29, 1.82) is 0 Å². The van der Waals surface area contributed by atoms with E-state index in [0.29, 0.717) is 36.7 Å². The number of ether oxygens (including phenoxy) is 1. The number of nitrogens with one attached hydrogen (secondary N) is 1. The van der Waals surface area contributed by atoms with Crippen molar-refractivity contribution in [3.05, 3.63) is 54.1 Å². The third kappa shape index (κ3) is 4.49. The van der Waals surface area contributed by atoms with E-state index in [-0.39, 0.29) is 29.1 Å². The first-order valence-electron chi connectivity index (χ1n) is 10.8. The number of carbonyl (C=O) groups is 2. The number of rotatable bonds is 7. The minimum Gasteiger partial charge on any atom is -0.383 e. The monoisotopic (exact) mass is 462 g/mol. The normalized spacial score (nSPS) is 17.4. The number of nitrogens with two attached hydrogens (primary N) is 1. The molecule has 1 aliphatic rings. The molecule has 1 saturated heterocycles. The molecule has 0 aromatic carbocycles. The number of primary amides is 1. The van der Waals surface area contributed by atoms with Crippen molar-refractivity contribution in [2.75, 3.05) is 32.6 Å². The van der Waals surface area contributed by atoms with E-state index < -0.39 is 5.91 Å². The van der Waals surface area contributed by atoms with Crippen LogP contribution in [0.4, 0.5) is 5.82 Å². The van der Waals surface area contributed by atoms with Crippen LogP contribution in [0.1, 0.15) is 28.0 Å². The predicted octanol–water partition coefficient (Wildman–Crippen LogP) is 0.516. The van der Waals surface area contributed by atoms with Gasteiger partial charge in [-0.15, -0.1) is 0 Å². The fourth-order valence-corrected chi connectivity index (χ4v) is 4.31. The molecule has 0 aliphatic carbocycles. The van der Waals surface area contributed by atoms with Gasteiger partial charge in [-0.05, 0) is 24.3 Å². The summed E-state index contributed by atoms with van der Waals surface area (Å²) >= 11 is 0. The first-order valence-corrected chi connectivity index (χ1v) is 10.8. The molecule has 2 amide bonds. The number of amides is 2. The highest BCUT2D eigenvalue weighted by Gasteiger charge is 2.35. The molecule has 0 bridgehead atoms. The Morgan fingerprint density at radius 3 is 2.94 bits per heavy atom. The maximum atomic E-state index is 12.3. The lowest BCUT2D eigenvalue weighted by molar-refractivity contribution is -0.127. The van der Waals surface area contributed by atoms with Gasteiger partial charge in [0.2, 0.25) is 5.91 Å². The Hall–Kier alpha value is -4.17. The highest BCUT2D eigenvalue weighted by molar-refractivity contribution is 6.00. The second-order valence-electron chi connectivity index (χ2n) is 8.00. The lowest BCUT2D eigenvalue weighted by atomic mass is 10.1. The summed E-state index contributed by atoms with van der Waals surface area (Å²) in [6, 6.07) is 1.74. The zero-order valence-corrected chi connectivity index (χ0v) is 19.1. The Kier molecular flexibility index (Phi) is 6.60. The van der Waals surface area contributed by atoms with Crippen LogP contribution >= 0.6 is 0 Å². The molecular weight excluding hydrogens is 436 g/mol. The molecule has 176 valence electrons. The second-order valence-corrected chi connectivity index (χ2v) is 8.00. The molecule has 0 spiro atoms. The van der Waals surface area contributed by atoms with Crippen molar-refractivity contribution in [1.82, 2.24) is 29.3 Å². The molecule has 4 rings (SSSR count). The van der Waals surface area contributed by atoms with Gasteiger partial charge in [-0.1, -0.05) is 12.5 Å². The summed E-state index contributed by atoms with van der Waals surface area (Å²) in [5.41, 5.74) is 7.46. The Labute approximate surface area is 196 Å². The molecule has 11 nitrogen and oxygen atoms in total. The van der Waals surface area contributed by atoms with Crippen LogP contribution in [0.2, 0.25) is 0 Å². The lowest BCUT2D eigenvalue weighted by Gasteiger charge is -2.22. The van der Waals surface area contributed by atoms with Gasteiger partial charge in [0.1, 0.15) is 11.4 Å². The fourth-order valence-electron chi connectivity index (χ4n) is 4.31. The van der Waals surface area contributed by atoms with E-state index in [2.05, 4.69) is 38.9 Å². The van der Waals surface area contributed by atoms with Crippen molar-refractivity contribution in [3.8, 4) is 11.8 Å². The van der Waals surface area contributed by atoms with Crippen LogP contribution in [-0.2, 0) is 16.1 Å². The molecule has 0 unspecified atom stereocenters. The summed E-state index contributed by atoms with van der Waals surface area (Å²) in [6.07, 6.45) is 7.05. The van der Waals surface area contributed by atoms with Gasteiger partial charge in [-0.25, -0.2) is 14.2 Å². The zero-order valence-electron chi connectivity index (χ0n) is 19.1. The van der Waals surface area contributed by atoms with Crippen molar-refractivity contribution in [3.63, 3.8) is 0 Å². The standard InChI is InChI=1S/C23H26N8O3/c1-4-20(32)29-12-16(9-17(29)14-34-3)13-31-23(25-2)21(22(24)33)18(28-31)6-5-15-10-19-26-7-8-30(19)27-11-15/h4,7-8,10-11,16-17,25H,1,9,12-14H2,2-3H3,(H2,24,33)/t16-,17+/m0/s1. The molecule has 0 radical (unpaired) electrons. The molecule has 0 saturated carbocycles.